The summed E-state index contributed by atoms with van der Waals surface area (Å²) in [4.78, 5) is 11.6. The molecule has 9 unspecified atom stereocenters. The second-order valence-corrected chi connectivity index (χ2v) is 11.5. The fourth-order valence-corrected chi connectivity index (χ4v) is 9.22. The lowest BCUT2D eigenvalue weighted by molar-refractivity contribution is -0.193. The van der Waals surface area contributed by atoms with Crippen LogP contribution in [0.25, 0.3) is 0 Å². The molecule has 3 heteroatoms. The molecule has 0 heterocycles. The largest absolute Gasteiger partial charge is 0.469 e. The van der Waals surface area contributed by atoms with Crippen LogP contribution in [0.15, 0.2) is 0 Å². The summed E-state index contributed by atoms with van der Waals surface area (Å²) in [6.45, 7) is 7.46. The minimum absolute atomic E-state index is 0.0711. The zero-order chi connectivity index (χ0) is 20.8. The van der Waals surface area contributed by atoms with E-state index in [4.69, 9.17) is 4.74 Å². The molecule has 9 atom stereocenters. The number of methoxy groups -OCH3 is 1. The third-order valence-electron chi connectivity index (χ3n) is 10.7. The Morgan fingerprint density at radius 1 is 1.00 bits per heavy atom. The van der Waals surface area contributed by atoms with Gasteiger partial charge in [-0.2, -0.15) is 0 Å². The Bertz CT molecular complexity index is 603. The van der Waals surface area contributed by atoms with Gasteiger partial charge in [0.1, 0.15) is 0 Å². The maximum Gasteiger partial charge on any atom is 0.305 e. The van der Waals surface area contributed by atoms with E-state index in [0.29, 0.717) is 40.9 Å². The molecule has 0 aliphatic heterocycles. The van der Waals surface area contributed by atoms with E-state index in [0.717, 1.165) is 31.1 Å². The van der Waals surface area contributed by atoms with E-state index in [1.54, 1.807) is 0 Å². The maximum absolute atomic E-state index is 11.7. The van der Waals surface area contributed by atoms with E-state index < -0.39 is 0 Å². The van der Waals surface area contributed by atoms with Gasteiger partial charge < -0.3 is 9.84 Å². The van der Waals surface area contributed by atoms with Gasteiger partial charge in [-0.3, -0.25) is 4.79 Å². The molecule has 4 aliphatic rings. The molecule has 0 saturated heterocycles. The molecular weight excluding hydrogens is 360 g/mol. The summed E-state index contributed by atoms with van der Waals surface area (Å²) in [6, 6.07) is 0. The van der Waals surface area contributed by atoms with Crippen molar-refractivity contribution in [1.82, 2.24) is 0 Å². The van der Waals surface area contributed by atoms with Gasteiger partial charge in [0, 0.05) is 6.42 Å². The van der Waals surface area contributed by atoms with E-state index in [-0.39, 0.29) is 12.1 Å². The molecule has 4 rings (SSSR count). The van der Waals surface area contributed by atoms with Gasteiger partial charge in [-0.05, 0) is 97.7 Å². The summed E-state index contributed by atoms with van der Waals surface area (Å²) in [7, 11) is 1.49. The molecule has 4 saturated carbocycles. The SMILES string of the molecule is CCC1C(O)C2C3CCC(CCCC(=O)OC)C3(C)CCC2C2(C)CCCCC12. The van der Waals surface area contributed by atoms with Gasteiger partial charge >= 0.3 is 5.97 Å². The number of carbonyl (C=O) groups is 1. The Labute approximate surface area is 178 Å². The van der Waals surface area contributed by atoms with E-state index in [2.05, 4.69) is 20.8 Å². The van der Waals surface area contributed by atoms with Crippen LogP contribution in [0.3, 0.4) is 0 Å². The number of hydrogen-bond acceptors (Lipinski definition) is 3. The summed E-state index contributed by atoms with van der Waals surface area (Å²) in [5, 5.41) is 11.7. The van der Waals surface area contributed by atoms with Crippen molar-refractivity contribution in [3.8, 4) is 0 Å². The number of aliphatic hydroxyl groups excluding tert-OH is 1. The zero-order valence-corrected chi connectivity index (χ0v) is 19.3. The van der Waals surface area contributed by atoms with Gasteiger partial charge in [-0.1, -0.05) is 40.0 Å². The molecule has 4 aliphatic carbocycles. The lowest BCUT2D eigenvalue weighted by Gasteiger charge is -2.64. The molecule has 0 aromatic heterocycles. The number of aliphatic hydroxyl groups is 1. The number of fused-ring (bicyclic) bond motifs is 5. The van der Waals surface area contributed by atoms with Crippen molar-refractivity contribution in [1.29, 1.82) is 0 Å². The molecule has 0 spiro atoms. The zero-order valence-electron chi connectivity index (χ0n) is 19.3. The van der Waals surface area contributed by atoms with Gasteiger partial charge in [0.25, 0.3) is 0 Å². The van der Waals surface area contributed by atoms with Crippen LogP contribution in [0.1, 0.15) is 97.8 Å². The highest BCUT2D eigenvalue weighted by Crippen LogP contribution is 2.69. The normalized spacial score (nSPS) is 49.1. The minimum Gasteiger partial charge on any atom is -0.469 e. The molecule has 0 aromatic rings. The Morgan fingerprint density at radius 2 is 1.76 bits per heavy atom. The highest BCUT2D eigenvalue weighted by Gasteiger charge is 2.63. The van der Waals surface area contributed by atoms with Crippen LogP contribution in [-0.2, 0) is 9.53 Å². The highest BCUT2D eigenvalue weighted by atomic mass is 16.5. The number of hydrogen-bond donors (Lipinski definition) is 1. The molecule has 166 valence electrons. The van der Waals surface area contributed by atoms with Crippen molar-refractivity contribution >= 4 is 5.97 Å². The topological polar surface area (TPSA) is 46.5 Å². The molecule has 0 amide bonds. The molecule has 4 fully saturated rings. The van der Waals surface area contributed by atoms with Crippen molar-refractivity contribution in [3.05, 3.63) is 0 Å². The van der Waals surface area contributed by atoms with E-state index in [1.807, 2.05) is 0 Å². The van der Waals surface area contributed by atoms with Crippen LogP contribution < -0.4 is 0 Å². The summed E-state index contributed by atoms with van der Waals surface area (Å²) in [5.41, 5.74) is 0.807. The Morgan fingerprint density at radius 3 is 2.48 bits per heavy atom. The molecule has 1 N–H and O–H groups in total. The fraction of sp³-hybridized carbons (Fsp3) is 0.962. The second kappa shape index (κ2) is 8.17. The smallest absolute Gasteiger partial charge is 0.305 e. The molecule has 29 heavy (non-hydrogen) atoms. The maximum atomic E-state index is 11.7. The van der Waals surface area contributed by atoms with Crippen molar-refractivity contribution in [2.45, 2.75) is 104 Å². The summed E-state index contributed by atoms with van der Waals surface area (Å²) < 4.78 is 4.84. The van der Waals surface area contributed by atoms with Crippen LogP contribution in [0.4, 0.5) is 0 Å². The van der Waals surface area contributed by atoms with Gasteiger partial charge in [0.2, 0.25) is 0 Å². The number of carbonyl (C=O) groups excluding carboxylic acids is 1. The average molecular weight is 405 g/mol. The predicted molar refractivity (Wildman–Crippen MR) is 116 cm³/mol. The van der Waals surface area contributed by atoms with Crippen molar-refractivity contribution < 1.29 is 14.6 Å². The Hall–Kier alpha value is -0.570. The summed E-state index contributed by atoms with van der Waals surface area (Å²) in [6.07, 6.45) is 14.4. The van der Waals surface area contributed by atoms with Crippen LogP contribution in [0.5, 0.6) is 0 Å². The summed E-state index contributed by atoms with van der Waals surface area (Å²) >= 11 is 0. The third-order valence-corrected chi connectivity index (χ3v) is 10.7. The van der Waals surface area contributed by atoms with Crippen LogP contribution in [0, 0.1) is 46.3 Å². The highest BCUT2D eigenvalue weighted by molar-refractivity contribution is 5.68. The quantitative estimate of drug-likeness (QED) is 0.573. The number of rotatable bonds is 5. The number of ether oxygens (including phenoxy) is 1. The fourth-order valence-electron chi connectivity index (χ4n) is 9.22. The first-order valence-corrected chi connectivity index (χ1v) is 12.6. The van der Waals surface area contributed by atoms with Crippen LogP contribution >= 0.6 is 0 Å². The molecular formula is C26H44O3. The lowest BCUT2D eigenvalue weighted by atomic mass is 9.41. The lowest BCUT2D eigenvalue weighted by Crippen LogP contribution is -2.61. The first-order valence-electron chi connectivity index (χ1n) is 12.6. The molecule has 0 bridgehead atoms. The van der Waals surface area contributed by atoms with Gasteiger partial charge in [0.15, 0.2) is 0 Å². The Kier molecular flexibility index (Phi) is 6.10. The van der Waals surface area contributed by atoms with Crippen LogP contribution in [0.2, 0.25) is 0 Å². The van der Waals surface area contributed by atoms with Crippen molar-refractivity contribution in [2.75, 3.05) is 7.11 Å². The summed E-state index contributed by atoms with van der Waals surface area (Å²) in [5.74, 6) is 3.77. The molecule has 3 nitrogen and oxygen atoms in total. The minimum atomic E-state index is -0.0976. The van der Waals surface area contributed by atoms with Gasteiger partial charge in [0.05, 0.1) is 13.2 Å². The second-order valence-electron chi connectivity index (χ2n) is 11.5. The number of esters is 1. The monoisotopic (exact) mass is 404 g/mol. The third kappa shape index (κ3) is 3.38. The predicted octanol–water partition coefficient (Wildman–Crippen LogP) is 5.99. The molecule has 0 radical (unpaired) electrons. The molecule has 0 aromatic carbocycles. The first kappa shape index (κ1) is 21.7. The van der Waals surface area contributed by atoms with Crippen LogP contribution in [-0.4, -0.2) is 24.3 Å². The van der Waals surface area contributed by atoms with Crippen molar-refractivity contribution in [2.24, 2.45) is 46.3 Å². The van der Waals surface area contributed by atoms with E-state index in [1.165, 1.54) is 58.5 Å². The van der Waals surface area contributed by atoms with E-state index in [9.17, 15) is 9.90 Å². The Balaban J connectivity index is 1.55. The van der Waals surface area contributed by atoms with E-state index >= 15 is 0 Å². The van der Waals surface area contributed by atoms with Crippen molar-refractivity contribution in [3.63, 3.8) is 0 Å². The average Bonchev–Trinajstić information content (AvgIpc) is 3.05. The van der Waals surface area contributed by atoms with Gasteiger partial charge in [-0.25, -0.2) is 0 Å². The first-order chi connectivity index (χ1) is 13.9. The van der Waals surface area contributed by atoms with Gasteiger partial charge in [-0.15, -0.1) is 0 Å². The standard InChI is InChI=1S/C26H44O3/c1-5-18-19-10-6-7-15-26(19,3)21-14-16-25(2)17(9-8-11-22(27)29-4)12-13-20(25)23(21)24(18)28/h17-21,23-24,28H,5-16H2,1-4H3.